The predicted molar refractivity (Wildman–Crippen MR) is 75.6 cm³/mol. The molecule has 0 aromatic heterocycles. The molecule has 0 saturated heterocycles. The van der Waals surface area contributed by atoms with Crippen molar-refractivity contribution in [3.05, 3.63) is 29.8 Å². The van der Waals surface area contributed by atoms with E-state index in [2.05, 4.69) is 10.6 Å². The van der Waals surface area contributed by atoms with Gasteiger partial charge in [0.15, 0.2) is 0 Å². The van der Waals surface area contributed by atoms with Gasteiger partial charge in [0.25, 0.3) is 5.91 Å². The van der Waals surface area contributed by atoms with Gasteiger partial charge in [-0.25, -0.2) is 0 Å². The molecule has 1 aliphatic rings. The fourth-order valence-corrected chi connectivity index (χ4v) is 2.31. The van der Waals surface area contributed by atoms with Crippen molar-refractivity contribution in [2.45, 2.75) is 31.8 Å². The van der Waals surface area contributed by atoms with Gasteiger partial charge in [-0.05, 0) is 50.9 Å². The second-order valence-electron chi connectivity index (χ2n) is 4.91. The Hall–Kier alpha value is -1.55. The molecule has 2 rings (SSSR count). The quantitative estimate of drug-likeness (QED) is 0.771. The van der Waals surface area contributed by atoms with E-state index in [9.17, 15) is 4.79 Å². The molecule has 0 aliphatic heterocycles. The zero-order valence-corrected chi connectivity index (χ0v) is 11.4. The molecule has 0 atom stereocenters. The third-order valence-corrected chi connectivity index (χ3v) is 3.36. The third kappa shape index (κ3) is 4.24. The smallest absolute Gasteiger partial charge is 0.251 e. The van der Waals surface area contributed by atoms with Gasteiger partial charge in [-0.15, -0.1) is 0 Å². The second-order valence-corrected chi connectivity index (χ2v) is 4.91. The Kier molecular flexibility index (Phi) is 5.21. The van der Waals surface area contributed by atoms with Crippen LogP contribution in [0.25, 0.3) is 0 Å². The number of nitrogens with one attached hydrogen (secondary N) is 2. The molecule has 19 heavy (non-hydrogen) atoms. The Morgan fingerprint density at radius 3 is 2.84 bits per heavy atom. The summed E-state index contributed by atoms with van der Waals surface area (Å²) in [6.07, 6.45) is 5.06. The average molecular weight is 262 g/mol. The van der Waals surface area contributed by atoms with Crippen LogP contribution in [0.15, 0.2) is 24.3 Å². The molecule has 1 aromatic rings. The number of carbonyl (C=O) groups is 1. The second kappa shape index (κ2) is 7.14. The normalized spacial score (nSPS) is 15.4. The van der Waals surface area contributed by atoms with Gasteiger partial charge in [0.2, 0.25) is 0 Å². The van der Waals surface area contributed by atoms with Crippen molar-refractivity contribution in [3.63, 3.8) is 0 Å². The summed E-state index contributed by atoms with van der Waals surface area (Å²) in [6.45, 7) is 1.40. The SMILES string of the molecule is CNCCNC(=O)c1cccc(OC2CCCC2)c1. The predicted octanol–water partition coefficient (Wildman–Crippen LogP) is 1.96. The average Bonchev–Trinajstić information content (AvgIpc) is 2.92. The van der Waals surface area contributed by atoms with Gasteiger partial charge in [-0.2, -0.15) is 0 Å². The summed E-state index contributed by atoms with van der Waals surface area (Å²) in [5.74, 6) is 0.750. The van der Waals surface area contributed by atoms with Crippen LogP contribution in [-0.2, 0) is 0 Å². The fourth-order valence-electron chi connectivity index (χ4n) is 2.31. The summed E-state index contributed by atoms with van der Waals surface area (Å²) in [5.41, 5.74) is 0.659. The molecular formula is C15H22N2O2. The van der Waals surface area contributed by atoms with E-state index in [1.54, 1.807) is 0 Å². The summed E-state index contributed by atoms with van der Waals surface area (Å²) in [5, 5.41) is 5.86. The van der Waals surface area contributed by atoms with E-state index in [4.69, 9.17) is 4.74 Å². The monoisotopic (exact) mass is 262 g/mol. The topological polar surface area (TPSA) is 50.4 Å². The minimum atomic E-state index is -0.0490. The number of hydrogen-bond acceptors (Lipinski definition) is 3. The minimum Gasteiger partial charge on any atom is -0.490 e. The number of amides is 1. The van der Waals surface area contributed by atoms with E-state index < -0.39 is 0 Å². The van der Waals surface area contributed by atoms with E-state index in [0.717, 1.165) is 25.1 Å². The first-order valence-corrected chi connectivity index (χ1v) is 6.99. The van der Waals surface area contributed by atoms with Crippen LogP contribution >= 0.6 is 0 Å². The highest BCUT2D eigenvalue weighted by atomic mass is 16.5. The highest BCUT2D eigenvalue weighted by Crippen LogP contribution is 2.24. The van der Waals surface area contributed by atoms with Gasteiger partial charge < -0.3 is 15.4 Å². The summed E-state index contributed by atoms with van der Waals surface area (Å²) in [4.78, 5) is 11.9. The molecule has 4 nitrogen and oxygen atoms in total. The first kappa shape index (κ1) is 13.9. The van der Waals surface area contributed by atoms with E-state index in [1.807, 2.05) is 31.3 Å². The molecule has 104 valence electrons. The largest absolute Gasteiger partial charge is 0.490 e. The van der Waals surface area contributed by atoms with Crippen LogP contribution in [0.1, 0.15) is 36.0 Å². The molecule has 2 N–H and O–H groups in total. The van der Waals surface area contributed by atoms with Crippen LogP contribution in [0.2, 0.25) is 0 Å². The molecule has 1 aromatic carbocycles. The standard InChI is InChI=1S/C15H22N2O2/c1-16-9-10-17-15(18)12-5-4-8-14(11-12)19-13-6-2-3-7-13/h4-5,8,11,13,16H,2-3,6-7,9-10H2,1H3,(H,17,18). The highest BCUT2D eigenvalue weighted by molar-refractivity contribution is 5.94. The maximum Gasteiger partial charge on any atom is 0.251 e. The molecule has 4 heteroatoms. The molecule has 0 radical (unpaired) electrons. The lowest BCUT2D eigenvalue weighted by molar-refractivity contribution is 0.0953. The molecule has 0 spiro atoms. The van der Waals surface area contributed by atoms with Gasteiger partial charge in [0, 0.05) is 18.7 Å². The minimum absolute atomic E-state index is 0.0490. The number of carbonyl (C=O) groups excluding carboxylic acids is 1. The molecule has 1 fully saturated rings. The highest BCUT2D eigenvalue weighted by Gasteiger charge is 2.16. The van der Waals surface area contributed by atoms with E-state index in [0.29, 0.717) is 18.2 Å². The molecule has 1 aliphatic carbocycles. The maximum atomic E-state index is 11.9. The van der Waals surface area contributed by atoms with Crippen LogP contribution in [0.4, 0.5) is 0 Å². The van der Waals surface area contributed by atoms with Gasteiger partial charge in [-0.1, -0.05) is 6.07 Å². The molecule has 1 saturated carbocycles. The lowest BCUT2D eigenvalue weighted by Gasteiger charge is -2.13. The van der Waals surface area contributed by atoms with E-state index in [1.165, 1.54) is 12.8 Å². The van der Waals surface area contributed by atoms with E-state index in [-0.39, 0.29) is 5.91 Å². The zero-order valence-electron chi connectivity index (χ0n) is 11.4. The van der Waals surface area contributed by atoms with Crippen LogP contribution in [0, 0.1) is 0 Å². The molecule has 0 unspecified atom stereocenters. The first-order valence-electron chi connectivity index (χ1n) is 6.99. The lowest BCUT2D eigenvalue weighted by atomic mass is 10.2. The van der Waals surface area contributed by atoms with Crippen molar-refractivity contribution in [2.75, 3.05) is 20.1 Å². The van der Waals surface area contributed by atoms with Gasteiger partial charge in [-0.3, -0.25) is 4.79 Å². The summed E-state index contributed by atoms with van der Waals surface area (Å²) >= 11 is 0. The van der Waals surface area contributed by atoms with Gasteiger partial charge in [0.1, 0.15) is 5.75 Å². The Balaban J connectivity index is 1.91. The number of hydrogen-bond donors (Lipinski definition) is 2. The molecule has 1 amide bonds. The molecular weight excluding hydrogens is 240 g/mol. The van der Waals surface area contributed by atoms with Crippen LogP contribution in [0.5, 0.6) is 5.75 Å². The number of rotatable bonds is 6. The lowest BCUT2D eigenvalue weighted by Crippen LogP contribution is -2.30. The first-order chi connectivity index (χ1) is 9.29. The Bertz CT molecular complexity index is 414. The summed E-state index contributed by atoms with van der Waals surface area (Å²) in [6, 6.07) is 7.43. The summed E-state index contributed by atoms with van der Waals surface area (Å²) < 4.78 is 5.90. The van der Waals surface area contributed by atoms with Crippen molar-refractivity contribution < 1.29 is 9.53 Å². The Morgan fingerprint density at radius 2 is 2.11 bits per heavy atom. The third-order valence-electron chi connectivity index (χ3n) is 3.36. The van der Waals surface area contributed by atoms with Gasteiger partial charge >= 0.3 is 0 Å². The van der Waals surface area contributed by atoms with Crippen molar-refractivity contribution in [2.24, 2.45) is 0 Å². The van der Waals surface area contributed by atoms with Crippen molar-refractivity contribution in [1.82, 2.24) is 10.6 Å². The van der Waals surface area contributed by atoms with Crippen LogP contribution in [-0.4, -0.2) is 32.1 Å². The molecule has 0 heterocycles. The number of ether oxygens (including phenoxy) is 1. The van der Waals surface area contributed by atoms with Crippen molar-refractivity contribution >= 4 is 5.91 Å². The summed E-state index contributed by atoms with van der Waals surface area (Å²) in [7, 11) is 1.86. The van der Waals surface area contributed by atoms with Crippen LogP contribution < -0.4 is 15.4 Å². The Labute approximate surface area is 114 Å². The zero-order chi connectivity index (χ0) is 13.5. The number of likely N-dealkylation sites (N-methyl/N-ethyl adjacent to an activating group) is 1. The Morgan fingerprint density at radius 1 is 1.32 bits per heavy atom. The van der Waals surface area contributed by atoms with E-state index >= 15 is 0 Å². The fraction of sp³-hybridized carbons (Fsp3) is 0.533. The van der Waals surface area contributed by atoms with Gasteiger partial charge in [0.05, 0.1) is 6.10 Å². The van der Waals surface area contributed by atoms with Crippen molar-refractivity contribution in [1.29, 1.82) is 0 Å². The molecule has 0 bridgehead atoms. The number of benzene rings is 1. The van der Waals surface area contributed by atoms with Crippen molar-refractivity contribution in [3.8, 4) is 5.75 Å². The van der Waals surface area contributed by atoms with Crippen LogP contribution in [0.3, 0.4) is 0 Å². The maximum absolute atomic E-state index is 11.9.